The smallest absolute Gasteiger partial charge is 0.183 e. The van der Waals surface area contributed by atoms with Crippen molar-refractivity contribution in [3.05, 3.63) is 42.0 Å². The fourth-order valence-electron chi connectivity index (χ4n) is 3.72. The lowest BCUT2D eigenvalue weighted by molar-refractivity contribution is 0.354. The molecule has 0 aliphatic carbocycles. The second kappa shape index (κ2) is 9.55. The van der Waals surface area contributed by atoms with Gasteiger partial charge in [-0.1, -0.05) is 6.07 Å². The van der Waals surface area contributed by atoms with Crippen LogP contribution >= 0.6 is 0 Å². The predicted molar refractivity (Wildman–Crippen MR) is 119 cm³/mol. The zero-order valence-corrected chi connectivity index (χ0v) is 20.0. The molecule has 1 N–H and O–H groups in total. The van der Waals surface area contributed by atoms with Gasteiger partial charge in [0.25, 0.3) is 0 Å². The maximum atomic E-state index is 13.4. The predicted octanol–water partition coefficient (Wildman–Crippen LogP) is 1.45. The lowest BCUT2D eigenvalue weighted by Gasteiger charge is -2.21. The van der Waals surface area contributed by atoms with Crippen LogP contribution in [0.5, 0.6) is 23.0 Å². The fourth-order valence-corrected chi connectivity index (χ4v) is 8.45. The molecular formula is C21H27NO8S2. The highest BCUT2D eigenvalue weighted by Crippen LogP contribution is 2.33. The molecule has 0 spiro atoms. The highest BCUT2D eigenvalue weighted by Gasteiger charge is 2.45. The molecule has 0 unspecified atom stereocenters. The van der Waals surface area contributed by atoms with Crippen LogP contribution in [-0.4, -0.2) is 68.1 Å². The quantitative estimate of drug-likeness (QED) is 0.563. The number of hydrogen-bond acceptors (Lipinski definition) is 9. The summed E-state index contributed by atoms with van der Waals surface area (Å²) in [6.45, 7) is 0.262. The molecule has 1 fully saturated rings. The van der Waals surface area contributed by atoms with Gasteiger partial charge in [0.2, 0.25) is 0 Å². The molecule has 0 radical (unpaired) electrons. The minimum absolute atomic E-state index is 0.0184. The topological polar surface area (TPSA) is 117 Å². The van der Waals surface area contributed by atoms with Gasteiger partial charge in [-0.15, -0.1) is 0 Å². The molecule has 1 heterocycles. The Morgan fingerprint density at radius 3 is 2.00 bits per heavy atom. The summed E-state index contributed by atoms with van der Waals surface area (Å²) in [7, 11) is -1.60. The molecule has 2 aromatic carbocycles. The van der Waals surface area contributed by atoms with Gasteiger partial charge in [-0.05, 0) is 29.8 Å². The first-order valence-electron chi connectivity index (χ1n) is 9.76. The monoisotopic (exact) mass is 485 g/mol. The molecule has 1 aliphatic heterocycles. The maximum Gasteiger partial charge on any atom is 0.183 e. The van der Waals surface area contributed by atoms with Gasteiger partial charge in [0.05, 0.1) is 50.1 Å². The fraction of sp³-hybridized carbons (Fsp3) is 0.429. The third-order valence-electron chi connectivity index (χ3n) is 5.40. The standard InChI is InChI=1S/C21H27NO8S2/c1-27-17-7-5-14(9-19(17)29-3)11-22-16-12-31(23,24)13-21(16)32(25,26)15-6-8-18(28-2)20(10-15)30-4/h5-10,16,21-22H,11-13H2,1-4H3/t16-,21-/m0/s1. The van der Waals surface area contributed by atoms with E-state index in [1.54, 1.807) is 18.2 Å². The van der Waals surface area contributed by atoms with E-state index in [0.29, 0.717) is 17.2 Å². The van der Waals surface area contributed by atoms with E-state index in [9.17, 15) is 16.8 Å². The molecule has 9 nitrogen and oxygen atoms in total. The number of nitrogens with one attached hydrogen (secondary N) is 1. The summed E-state index contributed by atoms with van der Waals surface area (Å²) >= 11 is 0. The van der Waals surface area contributed by atoms with Crippen LogP contribution in [0.15, 0.2) is 41.3 Å². The summed E-state index contributed by atoms with van der Waals surface area (Å²) in [5, 5.41) is 1.98. The van der Waals surface area contributed by atoms with Gasteiger partial charge in [-0.2, -0.15) is 0 Å². The van der Waals surface area contributed by atoms with Crippen LogP contribution in [0, 0.1) is 0 Å². The van der Waals surface area contributed by atoms with Crippen LogP contribution in [0.1, 0.15) is 5.56 Å². The van der Waals surface area contributed by atoms with E-state index in [0.717, 1.165) is 5.56 Å². The molecule has 1 aliphatic rings. The van der Waals surface area contributed by atoms with E-state index >= 15 is 0 Å². The molecule has 1 saturated heterocycles. The average Bonchev–Trinajstić information content (AvgIpc) is 3.11. The Balaban J connectivity index is 1.87. The van der Waals surface area contributed by atoms with Gasteiger partial charge >= 0.3 is 0 Å². The van der Waals surface area contributed by atoms with Crippen molar-refractivity contribution in [3.8, 4) is 23.0 Å². The molecule has 0 aromatic heterocycles. The minimum Gasteiger partial charge on any atom is -0.493 e. The molecule has 2 aromatic rings. The Kier molecular flexibility index (Phi) is 7.21. The molecule has 2 atom stereocenters. The minimum atomic E-state index is -3.97. The van der Waals surface area contributed by atoms with Crippen LogP contribution < -0.4 is 24.3 Å². The summed E-state index contributed by atoms with van der Waals surface area (Å²) < 4.78 is 72.3. The molecule has 176 valence electrons. The molecule has 11 heteroatoms. The molecular weight excluding hydrogens is 458 g/mol. The Hall–Kier alpha value is -2.50. The van der Waals surface area contributed by atoms with Gasteiger partial charge in [0, 0.05) is 18.7 Å². The van der Waals surface area contributed by atoms with Crippen molar-refractivity contribution < 1.29 is 35.8 Å². The van der Waals surface area contributed by atoms with E-state index in [-0.39, 0.29) is 22.9 Å². The third-order valence-corrected chi connectivity index (χ3v) is 9.55. The van der Waals surface area contributed by atoms with E-state index in [2.05, 4.69) is 5.32 Å². The zero-order valence-electron chi connectivity index (χ0n) is 18.3. The van der Waals surface area contributed by atoms with Crippen molar-refractivity contribution in [3.63, 3.8) is 0 Å². The molecule has 32 heavy (non-hydrogen) atoms. The summed E-state index contributed by atoms with van der Waals surface area (Å²) in [4.78, 5) is -0.0184. The zero-order chi connectivity index (χ0) is 23.5. The Labute approximate surface area is 188 Å². The average molecular weight is 486 g/mol. The number of sulfone groups is 2. The number of hydrogen-bond donors (Lipinski definition) is 1. The number of methoxy groups -OCH3 is 4. The first-order valence-corrected chi connectivity index (χ1v) is 13.1. The number of rotatable bonds is 9. The summed E-state index contributed by atoms with van der Waals surface area (Å²) in [6.07, 6.45) is 0. The van der Waals surface area contributed by atoms with Crippen molar-refractivity contribution >= 4 is 19.7 Å². The normalized spacial score (nSPS) is 20.0. The lowest BCUT2D eigenvalue weighted by Crippen LogP contribution is -2.43. The lowest BCUT2D eigenvalue weighted by atomic mass is 10.1. The van der Waals surface area contributed by atoms with Gasteiger partial charge in [-0.25, -0.2) is 16.8 Å². The SMILES string of the molecule is COc1ccc(CN[C@H]2CS(=O)(=O)C[C@@H]2S(=O)(=O)c2ccc(OC)c(OC)c2)cc1OC. The Morgan fingerprint density at radius 2 is 1.41 bits per heavy atom. The molecule has 0 bridgehead atoms. The van der Waals surface area contributed by atoms with Crippen molar-refractivity contribution in [1.82, 2.24) is 5.32 Å². The second-order valence-corrected chi connectivity index (χ2v) is 11.7. The Bertz CT molecular complexity index is 1180. The second-order valence-electron chi connectivity index (χ2n) is 7.35. The summed E-state index contributed by atoms with van der Waals surface area (Å²) in [6, 6.07) is 8.76. The van der Waals surface area contributed by atoms with Crippen LogP contribution in [-0.2, 0) is 26.2 Å². The summed E-state index contributed by atoms with van der Waals surface area (Å²) in [5.74, 6) is 1.01. The Morgan fingerprint density at radius 1 is 0.844 bits per heavy atom. The molecule has 0 saturated carbocycles. The van der Waals surface area contributed by atoms with Gasteiger partial charge in [-0.3, -0.25) is 0 Å². The van der Waals surface area contributed by atoms with Gasteiger partial charge < -0.3 is 24.3 Å². The van der Waals surface area contributed by atoms with Crippen molar-refractivity contribution in [2.24, 2.45) is 0 Å². The molecule has 0 amide bonds. The van der Waals surface area contributed by atoms with E-state index in [1.807, 2.05) is 0 Å². The highest BCUT2D eigenvalue weighted by molar-refractivity contribution is 7.96. The third kappa shape index (κ3) is 4.94. The van der Waals surface area contributed by atoms with Crippen LogP contribution in [0.3, 0.4) is 0 Å². The van der Waals surface area contributed by atoms with E-state index < -0.39 is 36.7 Å². The van der Waals surface area contributed by atoms with Crippen molar-refractivity contribution in [1.29, 1.82) is 0 Å². The first kappa shape index (κ1) is 24.1. The maximum absolute atomic E-state index is 13.4. The molecule has 3 rings (SSSR count). The van der Waals surface area contributed by atoms with Gasteiger partial charge in [0.1, 0.15) is 0 Å². The van der Waals surface area contributed by atoms with Crippen molar-refractivity contribution in [2.75, 3.05) is 39.9 Å². The summed E-state index contributed by atoms with van der Waals surface area (Å²) in [5.41, 5.74) is 0.800. The van der Waals surface area contributed by atoms with Crippen molar-refractivity contribution in [2.45, 2.75) is 22.7 Å². The number of benzene rings is 2. The van der Waals surface area contributed by atoms with Crippen LogP contribution in [0.4, 0.5) is 0 Å². The van der Waals surface area contributed by atoms with E-state index in [1.165, 1.54) is 46.6 Å². The highest BCUT2D eigenvalue weighted by atomic mass is 32.2. The largest absolute Gasteiger partial charge is 0.493 e. The number of ether oxygens (including phenoxy) is 4. The van der Waals surface area contributed by atoms with Crippen LogP contribution in [0.25, 0.3) is 0 Å². The first-order chi connectivity index (χ1) is 15.1. The van der Waals surface area contributed by atoms with E-state index in [4.69, 9.17) is 18.9 Å². The van der Waals surface area contributed by atoms with Crippen LogP contribution in [0.2, 0.25) is 0 Å². The van der Waals surface area contributed by atoms with Gasteiger partial charge in [0.15, 0.2) is 42.7 Å².